The zero-order chi connectivity index (χ0) is 12.3. The Kier molecular flexibility index (Phi) is 3.86. The molecule has 0 aliphatic heterocycles. The molecule has 0 aliphatic rings. The van der Waals surface area contributed by atoms with Crippen LogP contribution in [0.4, 0.5) is 5.82 Å². The summed E-state index contributed by atoms with van der Waals surface area (Å²) in [7, 11) is 3.67. The molecule has 5 heteroatoms. The number of fused-ring (bicyclic) bond motifs is 1. The molecule has 2 aromatic rings. The molecule has 0 radical (unpaired) electrons. The summed E-state index contributed by atoms with van der Waals surface area (Å²) in [6.45, 7) is 1.28. The minimum atomic E-state index is -0.0243. The zero-order valence-corrected chi connectivity index (χ0v) is 10.8. The van der Waals surface area contributed by atoms with E-state index in [4.69, 9.17) is 16.3 Å². The second kappa shape index (κ2) is 5.38. The molecule has 1 unspecified atom stereocenters. The number of anilines is 1. The van der Waals surface area contributed by atoms with Crippen LogP contribution in [0.3, 0.4) is 0 Å². The van der Waals surface area contributed by atoms with E-state index in [1.165, 1.54) is 0 Å². The molecule has 0 saturated heterocycles. The first-order chi connectivity index (χ1) is 8.22. The molecule has 0 aliphatic carbocycles. The van der Waals surface area contributed by atoms with E-state index in [2.05, 4.69) is 9.88 Å². The normalized spacial score (nSPS) is 12.9. The Morgan fingerprint density at radius 1 is 1.53 bits per heavy atom. The van der Waals surface area contributed by atoms with E-state index in [0.717, 1.165) is 18.0 Å². The lowest BCUT2D eigenvalue weighted by Crippen LogP contribution is -2.29. The average molecular weight is 254 g/mol. The van der Waals surface area contributed by atoms with E-state index < -0.39 is 0 Å². The van der Waals surface area contributed by atoms with Crippen molar-refractivity contribution in [3.05, 3.63) is 30.6 Å². The number of methoxy groups -OCH3 is 1. The Balaban J connectivity index is 2.18. The van der Waals surface area contributed by atoms with Crippen LogP contribution in [0, 0.1) is 0 Å². The third kappa shape index (κ3) is 2.70. The Morgan fingerprint density at radius 3 is 3.12 bits per heavy atom. The van der Waals surface area contributed by atoms with Crippen LogP contribution in [-0.4, -0.2) is 42.1 Å². The summed E-state index contributed by atoms with van der Waals surface area (Å²) in [4.78, 5) is 6.36. The van der Waals surface area contributed by atoms with Gasteiger partial charge >= 0.3 is 0 Å². The Labute approximate surface area is 106 Å². The van der Waals surface area contributed by atoms with Crippen LogP contribution < -0.4 is 4.90 Å². The van der Waals surface area contributed by atoms with Gasteiger partial charge in [0.15, 0.2) is 0 Å². The maximum atomic E-state index is 6.16. The topological polar surface area (TPSA) is 29.8 Å². The van der Waals surface area contributed by atoms with Crippen LogP contribution in [0.25, 0.3) is 5.65 Å². The number of pyridine rings is 1. The van der Waals surface area contributed by atoms with Crippen molar-refractivity contribution in [2.75, 3.05) is 32.2 Å². The number of imidazole rings is 1. The summed E-state index contributed by atoms with van der Waals surface area (Å²) in [5.74, 6) is 1.07. The van der Waals surface area contributed by atoms with Gasteiger partial charge in [0.05, 0.1) is 12.0 Å². The quantitative estimate of drug-likeness (QED) is 0.764. The van der Waals surface area contributed by atoms with E-state index in [1.807, 2.05) is 35.8 Å². The monoisotopic (exact) mass is 253 g/mol. The van der Waals surface area contributed by atoms with Crippen molar-refractivity contribution in [2.45, 2.75) is 5.38 Å². The molecule has 0 saturated carbocycles. The van der Waals surface area contributed by atoms with Crippen molar-refractivity contribution in [1.82, 2.24) is 9.38 Å². The first-order valence-corrected chi connectivity index (χ1v) is 5.92. The van der Waals surface area contributed by atoms with Crippen LogP contribution in [-0.2, 0) is 4.74 Å². The number of aromatic nitrogens is 2. The summed E-state index contributed by atoms with van der Waals surface area (Å²) >= 11 is 6.16. The van der Waals surface area contributed by atoms with Gasteiger partial charge in [0, 0.05) is 33.1 Å². The van der Waals surface area contributed by atoms with Crippen LogP contribution in [0.15, 0.2) is 30.6 Å². The fourth-order valence-corrected chi connectivity index (χ4v) is 2.20. The van der Waals surface area contributed by atoms with Gasteiger partial charge in [0.25, 0.3) is 0 Å². The first-order valence-electron chi connectivity index (χ1n) is 5.48. The summed E-state index contributed by atoms with van der Waals surface area (Å²) in [6.07, 6.45) is 3.74. The zero-order valence-electron chi connectivity index (χ0n) is 10.0. The van der Waals surface area contributed by atoms with E-state index in [-0.39, 0.29) is 5.38 Å². The molecular weight excluding hydrogens is 238 g/mol. The lowest BCUT2D eigenvalue weighted by atomic mass is 10.3. The van der Waals surface area contributed by atoms with E-state index in [0.29, 0.717) is 6.61 Å². The highest BCUT2D eigenvalue weighted by atomic mass is 35.5. The molecule has 4 nitrogen and oxygen atoms in total. The molecule has 0 amide bonds. The Morgan fingerprint density at radius 2 is 2.35 bits per heavy atom. The fraction of sp³-hybridized carbons (Fsp3) is 0.417. The number of hydrogen-bond donors (Lipinski definition) is 0. The molecule has 92 valence electrons. The minimum Gasteiger partial charge on any atom is -0.383 e. The van der Waals surface area contributed by atoms with Crippen molar-refractivity contribution in [3.8, 4) is 0 Å². The molecule has 2 heterocycles. The van der Waals surface area contributed by atoms with Crippen LogP contribution in [0.5, 0.6) is 0 Å². The van der Waals surface area contributed by atoms with Gasteiger partial charge in [-0.1, -0.05) is 6.07 Å². The summed E-state index contributed by atoms with van der Waals surface area (Å²) in [5.41, 5.74) is 0.937. The van der Waals surface area contributed by atoms with Crippen LogP contribution >= 0.6 is 11.6 Å². The third-order valence-corrected chi connectivity index (χ3v) is 2.88. The first kappa shape index (κ1) is 12.2. The smallest absolute Gasteiger partial charge is 0.138 e. The van der Waals surface area contributed by atoms with Gasteiger partial charge in [-0.05, 0) is 12.1 Å². The summed E-state index contributed by atoms with van der Waals surface area (Å²) in [5, 5.41) is -0.0243. The van der Waals surface area contributed by atoms with E-state index in [9.17, 15) is 0 Å². The highest BCUT2D eigenvalue weighted by Crippen LogP contribution is 2.16. The van der Waals surface area contributed by atoms with Crippen molar-refractivity contribution >= 4 is 23.1 Å². The minimum absolute atomic E-state index is 0.0243. The predicted molar refractivity (Wildman–Crippen MR) is 70.0 cm³/mol. The second-order valence-corrected chi connectivity index (χ2v) is 4.59. The second-order valence-electron chi connectivity index (χ2n) is 3.97. The van der Waals surface area contributed by atoms with Gasteiger partial charge < -0.3 is 9.64 Å². The van der Waals surface area contributed by atoms with Crippen molar-refractivity contribution in [2.24, 2.45) is 0 Å². The fourth-order valence-electron chi connectivity index (χ4n) is 1.87. The van der Waals surface area contributed by atoms with Gasteiger partial charge in [0.1, 0.15) is 11.5 Å². The van der Waals surface area contributed by atoms with E-state index >= 15 is 0 Å². The Bertz CT molecular complexity index is 485. The molecule has 0 spiro atoms. The van der Waals surface area contributed by atoms with Gasteiger partial charge in [-0.3, -0.25) is 4.40 Å². The molecule has 1 atom stereocenters. The number of alkyl halides is 1. The van der Waals surface area contributed by atoms with Gasteiger partial charge in [0.2, 0.25) is 0 Å². The van der Waals surface area contributed by atoms with Crippen molar-refractivity contribution in [1.29, 1.82) is 0 Å². The Hall–Kier alpha value is -1.26. The highest BCUT2D eigenvalue weighted by molar-refractivity contribution is 6.21. The highest BCUT2D eigenvalue weighted by Gasteiger charge is 2.11. The van der Waals surface area contributed by atoms with Gasteiger partial charge in [-0.25, -0.2) is 4.98 Å². The maximum absolute atomic E-state index is 6.16. The van der Waals surface area contributed by atoms with Crippen molar-refractivity contribution in [3.63, 3.8) is 0 Å². The molecule has 0 N–H and O–H groups in total. The number of hydrogen-bond acceptors (Lipinski definition) is 3. The third-order valence-electron chi connectivity index (χ3n) is 2.62. The molecule has 0 bridgehead atoms. The molecule has 0 fully saturated rings. The van der Waals surface area contributed by atoms with Gasteiger partial charge in [-0.15, -0.1) is 11.6 Å². The lowest BCUT2D eigenvalue weighted by molar-refractivity contribution is 0.199. The SMILES string of the molecule is COCC(Cl)CN(C)c1cccc2nccn12. The number of nitrogens with zero attached hydrogens (tertiary/aromatic N) is 3. The van der Waals surface area contributed by atoms with Gasteiger partial charge in [-0.2, -0.15) is 0 Å². The van der Waals surface area contributed by atoms with Crippen LogP contribution in [0.2, 0.25) is 0 Å². The number of rotatable bonds is 5. The predicted octanol–water partition coefficient (Wildman–Crippen LogP) is 2.02. The summed E-state index contributed by atoms with van der Waals surface area (Å²) in [6, 6.07) is 6.02. The average Bonchev–Trinajstić information content (AvgIpc) is 2.76. The standard InChI is InChI=1S/C12H16ClN3O/c1-15(8-10(13)9-17-2)12-5-3-4-11-14-6-7-16(11)12/h3-7,10H,8-9H2,1-2H3. The van der Waals surface area contributed by atoms with E-state index in [1.54, 1.807) is 13.3 Å². The number of ether oxygens (including phenoxy) is 1. The number of halogens is 1. The molecule has 2 rings (SSSR count). The maximum Gasteiger partial charge on any atom is 0.138 e. The van der Waals surface area contributed by atoms with Crippen LogP contribution in [0.1, 0.15) is 0 Å². The molecule has 2 aromatic heterocycles. The van der Waals surface area contributed by atoms with Crippen molar-refractivity contribution < 1.29 is 4.74 Å². The largest absolute Gasteiger partial charge is 0.383 e. The lowest BCUT2D eigenvalue weighted by Gasteiger charge is -2.22. The molecule has 0 aromatic carbocycles. The molecular formula is C12H16ClN3O. The molecule has 17 heavy (non-hydrogen) atoms. The summed E-state index contributed by atoms with van der Waals surface area (Å²) < 4.78 is 7.07.